The van der Waals surface area contributed by atoms with Crippen LogP contribution in [0.4, 0.5) is 48.3 Å². The van der Waals surface area contributed by atoms with Gasteiger partial charge in [-0.25, -0.2) is 13.6 Å². The number of carbonyl (C=O) groups excluding carboxylic acids is 1. The van der Waals surface area contributed by atoms with E-state index >= 15 is 13.2 Å². The Morgan fingerprint density at radius 1 is 0.810 bits per heavy atom. The molecule has 0 spiro atoms. The molecule has 2 aliphatic heterocycles. The maximum Gasteiger partial charge on any atom is 0.417 e. The normalized spacial score (nSPS) is 18.7. The highest BCUT2D eigenvalue weighted by Crippen LogP contribution is 2.47. The summed E-state index contributed by atoms with van der Waals surface area (Å²) in [7, 11) is 1.28. The van der Waals surface area contributed by atoms with Crippen LogP contribution in [0.3, 0.4) is 0 Å². The first-order valence-electron chi connectivity index (χ1n) is 18.1. The molecule has 6 rings (SSSR count). The summed E-state index contributed by atoms with van der Waals surface area (Å²) >= 11 is 0. The lowest BCUT2D eigenvalue weighted by atomic mass is 9.76. The molecular weight excluding hydrogens is 797 g/mol. The van der Waals surface area contributed by atoms with Crippen molar-refractivity contribution in [1.82, 2.24) is 19.7 Å². The van der Waals surface area contributed by atoms with E-state index in [1.807, 2.05) is 5.32 Å². The number of carboxylic acids is 1. The van der Waals surface area contributed by atoms with Crippen molar-refractivity contribution in [2.75, 3.05) is 32.7 Å². The van der Waals surface area contributed by atoms with Crippen LogP contribution < -0.4 is 10.9 Å². The summed E-state index contributed by atoms with van der Waals surface area (Å²) in [6.45, 7) is -2.68. The van der Waals surface area contributed by atoms with E-state index in [1.54, 1.807) is 4.90 Å². The van der Waals surface area contributed by atoms with Gasteiger partial charge in [-0.3, -0.25) is 19.4 Å². The van der Waals surface area contributed by atoms with Gasteiger partial charge >= 0.3 is 24.5 Å². The molecular formula is C39H37F11N4O4. The minimum Gasteiger partial charge on any atom is -0.480 e. The largest absolute Gasteiger partial charge is 0.480 e. The molecule has 3 aromatic carbocycles. The lowest BCUT2D eigenvalue weighted by Crippen LogP contribution is -2.59. The second kappa shape index (κ2) is 15.4. The third-order valence-corrected chi connectivity index (χ3v) is 11.1. The number of hydrogen-bond acceptors (Lipinski definition) is 5. The van der Waals surface area contributed by atoms with Crippen LogP contribution in [0.15, 0.2) is 59.4 Å². The van der Waals surface area contributed by atoms with Gasteiger partial charge < -0.3 is 15.0 Å². The molecule has 0 aliphatic carbocycles. The third-order valence-electron chi connectivity index (χ3n) is 11.1. The van der Waals surface area contributed by atoms with Crippen molar-refractivity contribution < 1.29 is 63.0 Å². The highest BCUT2D eigenvalue weighted by Gasteiger charge is 2.61. The van der Waals surface area contributed by atoms with E-state index in [2.05, 4.69) is 0 Å². The Balaban J connectivity index is 1.35. The number of carbonyl (C=O) groups is 2. The Hall–Kier alpha value is -4.78. The van der Waals surface area contributed by atoms with E-state index in [-0.39, 0.29) is 65.3 Å². The van der Waals surface area contributed by atoms with E-state index < -0.39 is 103 Å². The van der Waals surface area contributed by atoms with Gasteiger partial charge in [-0.15, -0.1) is 0 Å². The fourth-order valence-electron chi connectivity index (χ4n) is 8.00. The van der Waals surface area contributed by atoms with Gasteiger partial charge in [-0.1, -0.05) is 48.5 Å². The number of nitrogens with zero attached hydrogens (tertiary/aromatic N) is 3. The number of rotatable bonds is 9. The number of benzene rings is 3. The number of amides is 1. The zero-order valence-electron chi connectivity index (χ0n) is 30.7. The van der Waals surface area contributed by atoms with Crippen LogP contribution in [0.1, 0.15) is 42.4 Å². The summed E-state index contributed by atoms with van der Waals surface area (Å²) in [4.78, 5) is 42.2. The topological polar surface area (TPSA) is 94.9 Å². The first kappa shape index (κ1) is 42.8. The molecule has 19 heteroatoms. The Morgan fingerprint density at radius 2 is 1.41 bits per heavy atom. The molecule has 1 amide bonds. The number of fused-ring (bicyclic) bond motifs is 2. The number of aliphatic carboxylic acids is 1. The predicted octanol–water partition coefficient (Wildman–Crippen LogP) is 7.93. The number of carboxylic acid groups (broad SMARTS) is 1. The second-order valence-electron chi connectivity index (χ2n) is 15.0. The summed E-state index contributed by atoms with van der Waals surface area (Å²) in [6, 6.07) is 10.1. The van der Waals surface area contributed by atoms with Crippen molar-refractivity contribution in [3.63, 3.8) is 0 Å². The van der Waals surface area contributed by atoms with Crippen molar-refractivity contribution in [3.05, 3.63) is 81.6 Å². The Morgan fingerprint density at radius 3 is 2.00 bits per heavy atom. The molecule has 4 aromatic rings. The maximum atomic E-state index is 15.1. The van der Waals surface area contributed by atoms with Gasteiger partial charge in [0.1, 0.15) is 11.5 Å². The van der Waals surface area contributed by atoms with Crippen LogP contribution in [0.25, 0.3) is 32.8 Å². The molecule has 2 saturated heterocycles. The number of nitrogens with one attached hydrogen (secondary N) is 1. The first-order chi connectivity index (χ1) is 26.9. The average molecular weight is 835 g/mol. The van der Waals surface area contributed by atoms with Crippen molar-refractivity contribution in [3.8, 4) is 11.1 Å². The van der Waals surface area contributed by atoms with Crippen molar-refractivity contribution in [1.29, 1.82) is 0 Å². The van der Waals surface area contributed by atoms with Crippen LogP contribution in [-0.2, 0) is 35.8 Å². The second-order valence-corrected chi connectivity index (χ2v) is 15.0. The predicted molar refractivity (Wildman–Crippen MR) is 190 cm³/mol. The zero-order valence-corrected chi connectivity index (χ0v) is 30.7. The summed E-state index contributed by atoms with van der Waals surface area (Å²) in [5, 5.41) is 11.8. The molecule has 3 heterocycles. The Bertz CT molecular complexity index is 2270. The molecule has 0 radical (unpaired) electrons. The van der Waals surface area contributed by atoms with Gasteiger partial charge in [-0.2, -0.15) is 39.5 Å². The van der Waals surface area contributed by atoms with Crippen LogP contribution in [-0.4, -0.2) is 88.4 Å². The summed E-state index contributed by atoms with van der Waals surface area (Å²) in [5.41, 5.74) is -5.90. The first-order valence-corrected chi connectivity index (χ1v) is 18.1. The number of pyridine rings is 1. The quantitative estimate of drug-likeness (QED) is 0.167. The van der Waals surface area contributed by atoms with Gasteiger partial charge in [-0.05, 0) is 59.5 Å². The number of halogens is 11. The SMILES string of the molecule is Cn1c(=O)c(-c2cccc3c(C[C@H](NC(=O)C4(C(F)(F)F)CCN(CC(F)(F)F)CC4)C(=O)O)cccc23)c(C(F)(F)F)c2ccc(CN3CCC(F)(F)CC3)cc21. The Labute approximate surface area is 323 Å². The van der Waals surface area contributed by atoms with E-state index in [1.165, 1.54) is 61.6 Å². The lowest BCUT2D eigenvalue weighted by molar-refractivity contribution is -0.236. The molecule has 0 bridgehead atoms. The monoisotopic (exact) mass is 834 g/mol. The van der Waals surface area contributed by atoms with Crippen LogP contribution in [0.2, 0.25) is 0 Å². The van der Waals surface area contributed by atoms with E-state index in [4.69, 9.17) is 0 Å². The van der Waals surface area contributed by atoms with Gasteiger partial charge in [0, 0.05) is 51.3 Å². The minimum atomic E-state index is -5.25. The number of aryl methyl sites for hydroxylation is 1. The molecule has 2 fully saturated rings. The fraction of sp³-hybridized carbons (Fsp3) is 0.462. The maximum absolute atomic E-state index is 15.1. The van der Waals surface area contributed by atoms with Crippen molar-refractivity contribution in [2.45, 2.75) is 69.1 Å². The molecule has 314 valence electrons. The Kier molecular flexibility index (Phi) is 11.4. The number of likely N-dealkylation sites (tertiary alicyclic amines) is 2. The van der Waals surface area contributed by atoms with Gasteiger partial charge in [0.15, 0.2) is 0 Å². The molecule has 1 atom stereocenters. The number of alkyl halides is 11. The number of hydrogen-bond donors (Lipinski definition) is 2. The summed E-state index contributed by atoms with van der Waals surface area (Å²) < 4.78 is 156. The molecule has 8 nitrogen and oxygen atoms in total. The highest BCUT2D eigenvalue weighted by atomic mass is 19.4. The van der Waals surface area contributed by atoms with Crippen LogP contribution in [0.5, 0.6) is 0 Å². The standard InChI is InChI=1S/C39H37F11N4O4/c1-52-29-18-22(20-53-16-12-36(40,41)13-17-53)8-9-27(29)31(38(45,46)47)30(32(52)55)26-7-3-5-24-23(4-2-6-25(24)26)19-28(33(56)57)51-34(58)35(39(48,49)50)10-14-54(15-11-35)21-37(42,43)44/h2-9,18,28H,10-17,19-21H2,1H3,(H,51,58)(H,56,57)/t28-/m0/s1. The van der Waals surface area contributed by atoms with E-state index in [0.29, 0.717) is 10.5 Å². The minimum absolute atomic E-state index is 0.0553. The van der Waals surface area contributed by atoms with Crippen LogP contribution in [0, 0.1) is 5.41 Å². The highest BCUT2D eigenvalue weighted by molar-refractivity contribution is 6.02. The van der Waals surface area contributed by atoms with E-state index in [0.717, 1.165) is 4.57 Å². The smallest absolute Gasteiger partial charge is 0.417 e. The fourth-order valence-corrected chi connectivity index (χ4v) is 8.00. The van der Waals surface area contributed by atoms with Gasteiger partial charge in [0.2, 0.25) is 5.91 Å². The average Bonchev–Trinajstić information content (AvgIpc) is 3.12. The van der Waals surface area contributed by atoms with Crippen molar-refractivity contribution in [2.24, 2.45) is 12.5 Å². The van der Waals surface area contributed by atoms with Gasteiger partial charge in [0.25, 0.3) is 11.5 Å². The van der Waals surface area contributed by atoms with Crippen molar-refractivity contribution >= 4 is 33.6 Å². The molecule has 0 unspecified atom stereocenters. The third kappa shape index (κ3) is 8.65. The number of aromatic nitrogens is 1. The van der Waals surface area contributed by atoms with Gasteiger partial charge in [0.05, 0.1) is 23.2 Å². The summed E-state index contributed by atoms with van der Waals surface area (Å²) in [5.74, 6) is -6.30. The summed E-state index contributed by atoms with van der Waals surface area (Å²) in [6.07, 6.45) is -18.6. The molecule has 58 heavy (non-hydrogen) atoms. The van der Waals surface area contributed by atoms with Crippen LogP contribution >= 0.6 is 0 Å². The molecule has 0 saturated carbocycles. The molecule has 2 aliphatic rings. The van der Waals surface area contributed by atoms with E-state index in [9.17, 15) is 54.6 Å². The number of piperidine rings is 2. The lowest BCUT2D eigenvalue weighted by Gasteiger charge is -2.42. The molecule has 1 aromatic heterocycles. The zero-order chi connectivity index (χ0) is 42.6. The molecule has 2 N–H and O–H groups in total.